The third-order valence-corrected chi connectivity index (χ3v) is 4.82. The minimum absolute atomic E-state index is 0.0343. The molecule has 0 aliphatic rings. The van der Waals surface area contributed by atoms with Crippen LogP contribution in [0.4, 0.5) is 10.3 Å². The highest BCUT2D eigenvalue weighted by Gasteiger charge is 2.16. The van der Waals surface area contributed by atoms with Gasteiger partial charge in [-0.25, -0.2) is 22.2 Å². The number of aromatic nitrogens is 3. The first-order valence-corrected chi connectivity index (χ1v) is 8.65. The van der Waals surface area contributed by atoms with E-state index >= 15 is 0 Å². The van der Waals surface area contributed by atoms with Crippen LogP contribution in [0.3, 0.4) is 0 Å². The van der Waals surface area contributed by atoms with Gasteiger partial charge < -0.3 is 0 Å². The predicted octanol–water partition coefficient (Wildman–Crippen LogP) is 2.57. The average Bonchev–Trinajstić information content (AvgIpc) is 2.96. The van der Waals surface area contributed by atoms with Gasteiger partial charge in [0.25, 0.3) is 16.0 Å². The van der Waals surface area contributed by atoms with E-state index in [4.69, 9.17) is 0 Å². The Bertz CT molecular complexity index is 952. The number of benzene rings is 2. The van der Waals surface area contributed by atoms with Crippen LogP contribution < -0.4 is 4.72 Å². The molecule has 0 fully saturated rings. The molecule has 0 unspecified atom stereocenters. The highest BCUT2D eigenvalue weighted by Crippen LogP contribution is 2.14. The molecule has 0 atom stereocenters. The van der Waals surface area contributed by atoms with Gasteiger partial charge in [-0.3, -0.25) is 0 Å². The fourth-order valence-electron chi connectivity index (χ4n) is 2.17. The van der Waals surface area contributed by atoms with Crippen molar-refractivity contribution in [3.63, 3.8) is 0 Å². The quantitative estimate of drug-likeness (QED) is 0.770. The van der Waals surface area contributed by atoms with Crippen LogP contribution in [-0.4, -0.2) is 23.2 Å². The number of rotatable bonds is 5. The second kappa shape index (κ2) is 6.40. The molecule has 8 heteroatoms. The summed E-state index contributed by atoms with van der Waals surface area (Å²) >= 11 is 0. The summed E-state index contributed by atoms with van der Waals surface area (Å²) in [5.74, 6) is -0.539. The van der Waals surface area contributed by atoms with Crippen LogP contribution in [0.15, 0.2) is 59.8 Å². The van der Waals surface area contributed by atoms with Crippen molar-refractivity contribution in [2.24, 2.45) is 0 Å². The van der Waals surface area contributed by atoms with E-state index in [1.807, 2.05) is 31.2 Å². The van der Waals surface area contributed by atoms with Crippen molar-refractivity contribution in [3.05, 3.63) is 71.8 Å². The third-order valence-electron chi connectivity index (χ3n) is 3.48. The van der Waals surface area contributed by atoms with Crippen molar-refractivity contribution in [2.75, 3.05) is 4.72 Å². The van der Waals surface area contributed by atoms with Crippen LogP contribution in [0.25, 0.3) is 0 Å². The summed E-state index contributed by atoms with van der Waals surface area (Å²) in [6.45, 7) is 2.47. The molecule has 0 saturated carbocycles. The molecule has 0 aliphatic heterocycles. The lowest BCUT2D eigenvalue weighted by Gasteiger charge is -2.05. The van der Waals surface area contributed by atoms with Crippen molar-refractivity contribution in [3.8, 4) is 0 Å². The largest absolute Gasteiger partial charge is 0.264 e. The Balaban J connectivity index is 1.76. The van der Waals surface area contributed by atoms with Crippen LogP contribution in [-0.2, 0) is 16.6 Å². The van der Waals surface area contributed by atoms with E-state index in [9.17, 15) is 12.8 Å². The Labute approximate surface area is 139 Å². The molecule has 124 valence electrons. The lowest BCUT2D eigenvalue weighted by molar-refractivity contribution is 0.599. The maximum atomic E-state index is 12.9. The van der Waals surface area contributed by atoms with Crippen molar-refractivity contribution in [2.45, 2.75) is 18.4 Å². The molecule has 0 radical (unpaired) electrons. The van der Waals surface area contributed by atoms with Gasteiger partial charge in [-0.05, 0) is 42.3 Å². The molecule has 2 aromatic carbocycles. The number of hydrogen-bond acceptors (Lipinski definition) is 4. The Kier molecular flexibility index (Phi) is 4.30. The first-order valence-electron chi connectivity index (χ1n) is 7.16. The van der Waals surface area contributed by atoms with Crippen LogP contribution >= 0.6 is 0 Å². The zero-order valence-corrected chi connectivity index (χ0v) is 13.7. The summed E-state index contributed by atoms with van der Waals surface area (Å²) in [7, 11) is -3.85. The molecule has 6 nitrogen and oxygen atoms in total. The Morgan fingerprint density at radius 3 is 2.54 bits per heavy atom. The molecule has 3 aromatic rings. The molecule has 1 aromatic heterocycles. The van der Waals surface area contributed by atoms with Gasteiger partial charge in [-0.1, -0.05) is 24.3 Å². The number of sulfonamides is 1. The number of nitrogens with zero attached hydrogens (tertiary/aromatic N) is 3. The lowest BCUT2D eigenvalue weighted by Crippen LogP contribution is -2.14. The van der Waals surface area contributed by atoms with Crippen molar-refractivity contribution in [1.29, 1.82) is 0 Å². The number of halogens is 1. The summed E-state index contributed by atoms with van der Waals surface area (Å²) in [4.78, 5) is 3.90. The highest BCUT2D eigenvalue weighted by atomic mass is 32.2. The van der Waals surface area contributed by atoms with Crippen LogP contribution in [0, 0.1) is 12.7 Å². The highest BCUT2D eigenvalue weighted by molar-refractivity contribution is 7.92. The first kappa shape index (κ1) is 16.1. The van der Waals surface area contributed by atoms with Gasteiger partial charge >= 0.3 is 0 Å². The SMILES string of the molecule is Cc1ccccc1Cn1cnc(NS(=O)(=O)c2ccc(F)cc2)n1. The standard InChI is InChI=1S/C16H15FN4O2S/c1-12-4-2-3-5-13(12)10-21-11-18-16(19-21)20-24(22,23)15-8-6-14(17)7-9-15/h2-9,11H,10H2,1H3,(H,19,20). The number of nitrogens with one attached hydrogen (secondary N) is 1. The summed E-state index contributed by atoms with van der Waals surface area (Å²) in [5, 5.41) is 4.12. The summed E-state index contributed by atoms with van der Waals surface area (Å²) in [5.41, 5.74) is 2.18. The monoisotopic (exact) mass is 346 g/mol. The van der Waals surface area contributed by atoms with Gasteiger partial charge in [0.15, 0.2) is 0 Å². The summed E-state index contributed by atoms with van der Waals surface area (Å²) in [6, 6.07) is 12.4. The molecule has 1 N–H and O–H groups in total. The van der Waals surface area contributed by atoms with Gasteiger partial charge in [-0.15, -0.1) is 5.10 Å². The zero-order chi connectivity index (χ0) is 17.2. The van der Waals surface area contributed by atoms with Gasteiger partial charge in [0.2, 0.25) is 0 Å². The van der Waals surface area contributed by atoms with E-state index in [1.54, 1.807) is 4.68 Å². The fourth-order valence-corrected chi connectivity index (χ4v) is 3.12. The van der Waals surface area contributed by atoms with Crippen LogP contribution in [0.2, 0.25) is 0 Å². The van der Waals surface area contributed by atoms with Gasteiger partial charge in [0.05, 0.1) is 11.4 Å². The number of anilines is 1. The Morgan fingerprint density at radius 2 is 1.83 bits per heavy atom. The zero-order valence-electron chi connectivity index (χ0n) is 12.8. The molecular formula is C16H15FN4O2S. The molecule has 0 bridgehead atoms. The molecule has 1 heterocycles. The van der Waals surface area contributed by atoms with Crippen molar-refractivity contribution < 1.29 is 12.8 Å². The van der Waals surface area contributed by atoms with Gasteiger partial charge in [0, 0.05) is 0 Å². The van der Waals surface area contributed by atoms with E-state index < -0.39 is 15.8 Å². The van der Waals surface area contributed by atoms with Gasteiger partial charge in [0.1, 0.15) is 12.1 Å². The molecule has 24 heavy (non-hydrogen) atoms. The minimum Gasteiger partial charge on any atom is -0.246 e. The van der Waals surface area contributed by atoms with E-state index in [2.05, 4.69) is 14.8 Å². The minimum atomic E-state index is -3.85. The maximum absolute atomic E-state index is 12.9. The van der Waals surface area contributed by atoms with Crippen molar-refractivity contribution >= 4 is 16.0 Å². The molecule has 0 aliphatic carbocycles. The second-order valence-electron chi connectivity index (χ2n) is 5.25. The van der Waals surface area contributed by atoms with Crippen LogP contribution in [0.1, 0.15) is 11.1 Å². The molecule has 0 spiro atoms. The fraction of sp³-hybridized carbons (Fsp3) is 0.125. The van der Waals surface area contributed by atoms with E-state index in [0.717, 1.165) is 23.3 Å². The van der Waals surface area contributed by atoms with E-state index in [1.165, 1.54) is 18.5 Å². The number of hydrogen-bond donors (Lipinski definition) is 1. The topological polar surface area (TPSA) is 76.9 Å². The molecule has 3 rings (SSSR count). The Hall–Kier alpha value is -2.74. The third kappa shape index (κ3) is 3.60. The van der Waals surface area contributed by atoms with Crippen LogP contribution in [0.5, 0.6) is 0 Å². The number of aryl methyl sites for hydroxylation is 1. The van der Waals surface area contributed by atoms with Crippen molar-refractivity contribution in [1.82, 2.24) is 14.8 Å². The summed E-state index contributed by atoms with van der Waals surface area (Å²) in [6.07, 6.45) is 1.45. The molecular weight excluding hydrogens is 331 g/mol. The second-order valence-corrected chi connectivity index (χ2v) is 6.93. The summed E-state index contributed by atoms with van der Waals surface area (Å²) < 4.78 is 41.2. The van der Waals surface area contributed by atoms with E-state index in [0.29, 0.717) is 6.54 Å². The predicted molar refractivity (Wildman–Crippen MR) is 87.5 cm³/mol. The average molecular weight is 346 g/mol. The maximum Gasteiger partial charge on any atom is 0.264 e. The van der Waals surface area contributed by atoms with E-state index in [-0.39, 0.29) is 10.8 Å². The molecule has 0 saturated heterocycles. The normalized spacial score (nSPS) is 11.4. The van der Waals surface area contributed by atoms with Gasteiger partial charge in [-0.2, -0.15) is 4.98 Å². The lowest BCUT2D eigenvalue weighted by atomic mass is 10.1. The molecule has 0 amide bonds. The first-order chi connectivity index (χ1) is 11.4. The smallest absolute Gasteiger partial charge is 0.246 e. The Morgan fingerprint density at radius 1 is 1.12 bits per heavy atom.